The molecule has 1 aromatic carbocycles. The fourth-order valence-electron chi connectivity index (χ4n) is 3.21. The highest BCUT2D eigenvalue weighted by atomic mass is 32.2. The van der Waals surface area contributed by atoms with Crippen LogP contribution in [0.2, 0.25) is 0 Å². The van der Waals surface area contributed by atoms with Crippen LogP contribution in [0, 0.1) is 11.8 Å². The molecule has 2 atom stereocenters. The molecule has 0 saturated carbocycles. The summed E-state index contributed by atoms with van der Waals surface area (Å²) in [7, 11) is -3.55. The molecule has 9 heteroatoms. The second kappa shape index (κ2) is 8.99. The fraction of sp³-hybridized carbons (Fsp3) is 0.556. The number of carbonyl (C=O) groups is 1. The summed E-state index contributed by atoms with van der Waals surface area (Å²) in [6, 6.07) is 6.09. The second-order valence-electron chi connectivity index (χ2n) is 7.50. The molecular weight excluding hydrogens is 384 g/mol. The van der Waals surface area contributed by atoms with E-state index in [2.05, 4.69) is 30.0 Å². The van der Waals surface area contributed by atoms with Gasteiger partial charge in [-0.05, 0) is 68.6 Å². The summed E-state index contributed by atoms with van der Waals surface area (Å²) in [5, 5.41) is 3.25. The maximum absolute atomic E-state index is 12.9. The lowest BCUT2D eigenvalue weighted by Gasteiger charge is -2.34. The lowest BCUT2D eigenvalue weighted by atomic mass is 9.94. The predicted octanol–water partition coefficient (Wildman–Crippen LogP) is 1.87. The molecule has 1 aliphatic heterocycles. The van der Waals surface area contributed by atoms with Crippen LogP contribution in [0.15, 0.2) is 29.2 Å². The zero-order valence-electron chi connectivity index (χ0n) is 16.2. The van der Waals surface area contributed by atoms with Gasteiger partial charge in [0.1, 0.15) is 0 Å². The van der Waals surface area contributed by atoms with Gasteiger partial charge in [0.25, 0.3) is 5.91 Å². The standard InChI is InChI=1S/C18H28N4O3S2/c1-12(2)19-18(26)21-20-17(23)15-5-7-16(8-6-15)27(24,25)22-10-13(3)9-14(4)11-22/h5-8,12-14H,9-11H2,1-4H3,(H,20,23)(H2,19,21,26)/t13-,14+. The number of thiocarbonyl (C=S) groups is 1. The molecule has 0 bridgehead atoms. The largest absolute Gasteiger partial charge is 0.359 e. The lowest BCUT2D eigenvalue weighted by molar-refractivity contribution is 0.0943. The van der Waals surface area contributed by atoms with E-state index in [9.17, 15) is 13.2 Å². The van der Waals surface area contributed by atoms with Gasteiger partial charge in [0.2, 0.25) is 10.0 Å². The molecule has 0 spiro atoms. The summed E-state index contributed by atoms with van der Waals surface area (Å²) >= 11 is 5.04. The number of benzene rings is 1. The minimum Gasteiger partial charge on any atom is -0.359 e. The summed E-state index contributed by atoms with van der Waals surface area (Å²) in [5.74, 6) is 0.276. The summed E-state index contributed by atoms with van der Waals surface area (Å²) in [6.45, 7) is 9.05. The molecule has 1 saturated heterocycles. The van der Waals surface area contributed by atoms with Crippen molar-refractivity contribution in [2.24, 2.45) is 11.8 Å². The molecule has 3 N–H and O–H groups in total. The fourth-order valence-corrected chi connectivity index (χ4v) is 5.18. The smallest absolute Gasteiger partial charge is 0.269 e. The van der Waals surface area contributed by atoms with Crippen LogP contribution in [-0.2, 0) is 10.0 Å². The van der Waals surface area contributed by atoms with Gasteiger partial charge in [-0.25, -0.2) is 8.42 Å². The maximum Gasteiger partial charge on any atom is 0.269 e. The Morgan fingerprint density at radius 1 is 1.11 bits per heavy atom. The van der Waals surface area contributed by atoms with Crippen molar-refractivity contribution in [3.05, 3.63) is 29.8 Å². The molecular formula is C18H28N4O3S2. The van der Waals surface area contributed by atoms with Crippen LogP contribution in [0.5, 0.6) is 0 Å². The monoisotopic (exact) mass is 412 g/mol. The van der Waals surface area contributed by atoms with Crippen LogP contribution in [-0.4, -0.2) is 42.9 Å². The number of carbonyl (C=O) groups excluding carboxylic acids is 1. The van der Waals surface area contributed by atoms with Crippen LogP contribution in [0.25, 0.3) is 0 Å². The van der Waals surface area contributed by atoms with Gasteiger partial charge in [0.05, 0.1) is 4.90 Å². The van der Waals surface area contributed by atoms with E-state index < -0.39 is 15.9 Å². The Morgan fingerprint density at radius 2 is 1.67 bits per heavy atom. The first-order valence-electron chi connectivity index (χ1n) is 9.06. The lowest BCUT2D eigenvalue weighted by Crippen LogP contribution is -2.48. The third kappa shape index (κ3) is 5.88. The molecule has 0 radical (unpaired) electrons. The van der Waals surface area contributed by atoms with Gasteiger partial charge in [-0.1, -0.05) is 13.8 Å². The zero-order chi connectivity index (χ0) is 20.2. The first-order valence-corrected chi connectivity index (χ1v) is 10.9. The van der Waals surface area contributed by atoms with Crippen LogP contribution < -0.4 is 16.2 Å². The van der Waals surface area contributed by atoms with Gasteiger partial charge in [0.15, 0.2) is 5.11 Å². The Hall–Kier alpha value is -1.71. The highest BCUT2D eigenvalue weighted by Crippen LogP contribution is 2.26. The van der Waals surface area contributed by atoms with Crippen LogP contribution in [0.4, 0.5) is 0 Å². The van der Waals surface area contributed by atoms with Crippen molar-refractivity contribution in [2.45, 2.75) is 45.1 Å². The van der Waals surface area contributed by atoms with Crippen molar-refractivity contribution in [3.8, 4) is 0 Å². The average molecular weight is 413 g/mol. The highest BCUT2D eigenvalue weighted by Gasteiger charge is 2.31. The molecule has 7 nitrogen and oxygen atoms in total. The minimum atomic E-state index is -3.55. The molecule has 1 fully saturated rings. The van der Waals surface area contributed by atoms with Gasteiger partial charge < -0.3 is 5.32 Å². The summed E-state index contributed by atoms with van der Waals surface area (Å²) in [5.41, 5.74) is 5.44. The van der Waals surface area contributed by atoms with Crippen LogP contribution in [0.1, 0.15) is 44.5 Å². The molecule has 1 amide bonds. The molecule has 1 aliphatic rings. The van der Waals surface area contributed by atoms with Gasteiger partial charge in [0, 0.05) is 24.7 Å². The third-order valence-corrected chi connectivity index (χ3v) is 6.36. The zero-order valence-corrected chi connectivity index (χ0v) is 17.8. The number of nitrogens with one attached hydrogen (secondary N) is 3. The van der Waals surface area contributed by atoms with Gasteiger partial charge in [-0.15, -0.1) is 0 Å². The van der Waals surface area contributed by atoms with E-state index in [1.54, 1.807) is 4.31 Å². The molecule has 1 heterocycles. The van der Waals surface area contributed by atoms with Crippen molar-refractivity contribution in [3.63, 3.8) is 0 Å². The quantitative estimate of drug-likeness (QED) is 0.517. The first kappa shape index (κ1) is 21.6. The Kier molecular flexibility index (Phi) is 7.19. The number of amides is 1. The summed E-state index contributed by atoms with van der Waals surface area (Å²) in [4.78, 5) is 12.4. The van der Waals surface area contributed by atoms with Crippen LogP contribution in [0.3, 0.4) is 0 Å². The Bertz CT molecular complexity index is 768. The summed E-state index contributed by atoms with van der Waals surface area (Å²) in [6.07, 6.45) is 1.03. The number of hydrogen-bond acceptors (Lipinski definition) is 4. The molecule has 150 valence electrons. The minimum absolute atomic E-state index is 0.145. The topological polar surface area (TPSA) is 90.5 Å². The highest BCUT2D eigenvalue weighted by molar-refractivity contribution is 7.89. The van der Waals surface area contributed by atoms with E-state index in [1.165, 1.54) is 24.3 Å². The van der Waals surface area contributed by atoms with Crippen molar-refractivity contribution < 1.29 is 13.2 Å². The SMILES string of the molecule is CC(C)NC(=S)NNC(=O)c1ccc(S(=O)(=O)N2C[C@H](C)C[C@H](C)C2)cc1. The van der Waals surface area contributed by atoms with E-state index in [-0.39, 0.29) is 10.9 Å². The molecule has 27 heavy (non-hydrogen) atoms. The normalized spacial score (nSPS) is 20.9. The van der Waals surface area contributed by atoms with Crippen molar-refractivity contribution in [1.82, 2.24) is 20.5 Å². The molecule has 0 aliphatic carbocycles. The number of nitrogens with zero attached hydrogens (tertiary/aromatic N) is 1. The van der Waals surface area contributed by atoms with E-state index in [0.717, 1.165) is 6.42 Å². The Balaban J connectivity index is 2.03. The summed E-state index contributed by atoms with van der Waals surface area (Å²) < 4.78 is 27.3. The number of piperidine rings is 1. The van der Waals surface area contributed by atoms with E-state index in [0.29, 0.717) is 35.6 Å². The molecule has 0 unspecified atom stereocenters. The Labute approximate surface area is 166 Å². The van der Waals surface area contributed by atoms with Gasteiger partial charge in [-0.3, -0.25) is 15.6 Å². The maximum atomic E-state index is 12.9. The van der Waals surface area contributed by atoms with Crippen molar-refractivity contribution in [2.75, 3.05) is 13.1 Å². The van der Waals surface area contributed by atoms with Gasteiger partial charge >= 0.3 is 0 Å². The average Bonchev–Trinajstić information content (AvgIpc) is 2.58. The van der Waals surface area contributed by atoms with E-state index in [4.69, 9.17) is 12.2 Å². The van der Waals surface area contributed by atoms with E-state index in [1.807, 2.05) is 13.8 Å². The second-order valence-corrected chi connectivity index (χ2v) is 9.85. The van der Waals surface area contributed by atoms with Crippen molar-refractivity contribution >= 4 is 33.3 Å². The predicted molar refractivity (Wildman–Crippen MR) is 110 cm³/mol. The van der Waals surface area contributed by atoms with Crippen molar-refractivity contribution in [1.29, 1.82) is 0 Å². The number of hydrazine groups is 1. The van der Waals surface area contributed by atoms with E-state index >= 15 is 0 Å². The Morgan fingerprint density at radius 3 is 2.19 bits per heavy atom. The third-order valence-electron chi connectivity index (χ3n) is 4.30. The van der Waals surface area contributed by atoms with Gasteiger partial charge in [-0.2, -0.15) is 4.31 Å². The number of rotatable bonds is 4. The molecule has 2 rings (SSSR count). The number of sulfonamides is 1. The molecule has 1 aromatic rings. The first-order chi connectivity index (χ1) is 12.6. The van der Waals surface area contributed by atoms with Crippen LogP contribution >= 0.6 is 12.2 Å². The molecule has 0 aromatic heterocycles. The number of hydrogen-bond donors (Lipinski definition) is 3.